The molecule has 0 saturated carbocycles. The number of benzene rings is 1. The van der Waals surface area contributed by atoms with E-state index in [1.54, 1.807) is 12.1 Å². The summed E-state index contributed by atoms with van der Waals surface area (Å²) >= 11 is 5.44. The van der Waals surface area contributed by atoms with Crippen molar-refractivity contribution in [1.82, 2.24) is 5.32 Å². The first-order chi connectivity index (χ1) is 7.24. The maximum atomic E-state index is 13.1. The molecule has 0 aliphatic carbocycles. The van der Waals surface area contributed by atoms with Crippen LogP contribution < -0.4 is 10.6 Å². The molecule has 0 spiro atoms. The number of nitrogens with one attached hydrogen (secondary N) is 2. The summed E-state index contributed by atoms with van der Waals surface area (Å²) in [5, 5.41) is 4.96. The van der Waals surface area contributed by atoms with E-state index in [9.17, 15) is 9.18 Å². The maximum absolute atomic E-state index is 13.1. The van der Waals surface area contributed by atoms with Gasteiger partial charge >= 0.3 is 6.03 Å². The van der Waals surface area contributed by atoms with Gasteiger partial charge in [-0.15, -0.1) is 11.6 Å². The summed E-state index contributed by atoms with van der Waals surface area (Å²) in [4.78, 5) is 11.2. The minimum atomic E-state index is -0.454. The van der Waals surface area contributed by atoms with Gasteiger partial charge in [-0.2, -0.15) is 0 Å². The number of urea groups is 1. The third-order valence-corrected chi connectivity index (χ3v) is 1.99. The number of para-hydroxylation sites is 1. The summed E-state index contributed by atoms with van der Waals surface area (Å²) < 4.78 is 13.1. The Kier molecular flexibility index (Phi) is 4.90. The molecule has 3 nitrogen and oxygen atoms in total. The smallest absolute Gasteiger partial charge is 0.319 e. The maximum Gasteiger partial charge on any atom is 0.319 e. The van der Waals surface area contributed by atoms with Gasteiger partial charge < -0.3 is 10.6 Å². The number of anilines is 1. The summed E-state index contributed by atoms with van der Waals surface area (Å²) in [6.07, 6.45) is 0.687. The first-order valence-electron chi connectivity index (χ1n) is 4.59. The molecule has 2 amide bonds. The molecule has 1 rings (SSSR count). The van der Waals surface area contributed by atoms with Crippen LogP contribution in [0.5, 0.6) is 0 Å². The van der Waals surface area contributed by atoms with Crippen molar-refractivity contribution >= 4 is 23.3 Å². The molecule has 0 aliphatic heterocycles. The standard InChI is InChI=1S/C10H12ClFN2O/c11-6-3-7-13-10(15)14-9-5-2-1-4-8(9)12/h1-2,4-5H,3,6-7H2,(H2,13,14,15). The monoisotopic (exact) mass is 230 g/mol. The van der Waals surface area contributed by atoms with E-state index < -0.39 is 11.8 Å². The minimum Gasteiger partial charge on any atom is -0.338 e. The molecule has 0 heterocycles. The molecule has 5 heteroatoms. The fourth-order valence-electron chi connectivity index (χ4n) is 0.998. The number of amides is 2. The Bertz CT molecular complexity index is 333. The highest BCUT2D eigenvalue weighted by Gasteiger charge is 2.04. The summed E-state index contributed by atoms with van der Waals surface area (Å²) in [5.74, 6) is 0.0324. The number of halogens is 2. The van der Waals surface area contributed by atoms with Crippen molar-refractivity contribution in [3.05, 3.63) is 30.1 Å². The largest absolute Gasteiger partial charge is 0.338 e. The first kappa shape index (κ1) is 11.8. The van der Waals surface area contributed by atoms with Gasteiger partial charge in [0.2, 0.25) is 0 Å². The molecule has 1 aromatic rings. The van der Waals surface area contributed by atoms with Gasteiger partial charge in [0, 0.05) is 12.4 Å². The van der Waals surface area contributed by atoms with Crippen molar-refractivity contribution in [2.24, 2.45) is 0 Å². The third kappa shape index (κ3) is 4.16. The Morgan fingerprint density at radius 2 is 2.13 bits per heavy atom. The number of carbonyl (C=O) groups is 1. The van der Waals surface area contributed by atoms with Crippen LogP contribution in [0.2, 0.25) is 0 Å². The highest BCUT2D eigenvalue weighted by molar-refractivity contribution is 6.17. The molecule has 0 bridgehead atoms. The van der Waals surface area contributed by atoms with Gasteiger partial charge in [-0.1, -0.05) is 12.1 Å². The lowest BCUT2D eigenvalue weighted by Gasteiger charge is -2.07. The SMILES string of the molecule is O=C(NCCCCl)Nc1ccccc1F. The predicted octanol–water partition coefficient (Wildman–Crippen LogP) is 2.58. The molecular formula is C10H12ClFN2O. The van der Waals surface area contributed by atoms with E-state index in [0.29, 0.717) is 18.8 Å². The van der Waals surface area contributed by atoms with Crippen LogP contribution >= 0.6 is 11.6 Å². The molecule has 0 atom stereocenters. The van der Waals surface area contributed by atoms with Crippen LogP contribution in [0.4, 0.5) is 14.9 Å². The highest BCUT2D eigenvalue weighted by atomic mass is 35.5. The molecule has 15 heavy (non-hydrogen) atoms. The van der Waals surface area contributed by atoms with Crippen molar-refractivity contribution < 1.29 is 9.18 Å². The van der Waals surface area contributed by atoms with E-state index >= 15 is 0 Å². The lowest BCUT2D eigenvalue weighted by Crippen LogP contribution is -2.30. The van der Waals surface area contributed by atoms with Crippen molar-refractivity contribution in [1.29, 1.82) is 0 Å². The van der Waals surface area contributed by atoms with E-state index in [-0.39, 0.29) is 5.69 Å². The van der Waals surface area contributed by atoms with Gasteiger partial charge in [0.05, 0.1) is 5.69 Å². The molecule has 82 valence electrons. The van der Waals surface area contributed by atoms with Gasteiger partial charge in [-0.05, 0) is 18.6 Å². The summed E-state index contributed by atoms with van der Waals surface area (Å²) in [5.41, 5.74) is 0.167. The third-order valence-electron chi connectivity index (χ3n) is 1.72. The predicted molar refractivity (Wildman–Crippen MR) is 58.8 cm³/mol. The highest BCUT2D eigenvalue weighted by Crippen LogP contribution is 2.11. The second-order valence-corrected chi connectivity index (χ2v) is 3.28. The summed E-state index contributed by atoms with van der Waals surface area (Å²) in [7, 11) is 0. The van der Waals surface area contributed by atoms with Gasteiger partial charge in [-0.3, -0.25) is 0 Å². The topological polar surface area (TPSA) is 41.1 Å². The Morgan fingerprint density at radius 3 is 2.80 bits per heavy atom. The Labute approximate surface area is 92.6 Å². The number of hydrogen-bond donors (Lipinski definition) is 2. The first-order valence-corrected chi connectivity index (χ1v) is 5.13. The van der Waals surface area contributed by atoms with E-state index in [2.05, 4.69) is 10.6 Å². The second-order valence-electron chi connectivity index (χ2n) is 2.90. The Balaban J connectivity index is 2.41. The molecule has 2 N–H and O–H groups in total. The van der Waals surface area contributed by atoms with Crippen LogP contribution in [0, 0.1) is 5.82 Å². The van der Waals surface area contributed by atoms with Gasteiger partial charge in [0.15, 0.2) is 0 Å². The van der Waals surface area contributed by atoms with Crippen molar-refractivity contribution in [2.75, 3.05) is 17.7 Å². The fraction of sp³-hybridized carbons (Fsp3) is 0.300. The van der Waals surface area contributed by atoms with E-state index in [0.717, 1.165) is 0 Å². The minimum absolute atomic E-state index is 0.167. The normalized spacial score (nSPS) is 9.73. The van der Waals surface area contributed by atoms with Gasteiger partial charge in [-0.25, -0.2) is 9.18 Å². The Morgan fingerprint density at radius 1 is 1.40 bits per heavy atom. The number of hydrogen-bond acceptors (Lipinski definition) is 1. The molecular weight excluding hydrogens is 219 g/mol. The van der Waals surface area contributed by atoms with E-state index in [1.807, 2.05) is 0 Å². The van der Waals surface area contributed by atoms with Crippen LogP contribution in [-0.2, 0) is 0 Å². The molecule has 0 fully saturated rings. The summed E-state index contributed by atoms with van der Waals surface area (Å²) in [6, 6.07) is 5.57. The van der Waals surface area contributed by atoms with Crippen LogP contribution in [0.15, 0.2) is 24.3 Å². The number of alkyl halides is 1. The molecule has 0 saturated heterocycles. The van der Waals surface area contributed by atoms with Crippen LogP contribution in [0.25, 0.3) is 0 Å². The van der Waals surface area contributed by atoms with Crippen molar-refractivity contribution in [2.45, 2.75) is 6.42 Å². The zero-order valence-corrected chi connectivity index (χ0v) is 8.85. The van der Waals surface area contributed by atoms with Crippen LogP contribution in [-0.4, -0.2) is 18.5 Å². The average molecular weight is 231 g/mol. The number of carbonyl (C=O) groups excluding carboxylic acids is 1. The zero-order chi connectivity index (χ0) is 11.1. The van der Waals surface area contributed by atoms with E-state index in [1.165, 1.54) is 12.1 Å². The molecule has 0 aliphatic rings. The van der Waals surface area contributed by atoms with E-state index in [4.69, 9.17) is 11.6 Å². The summed E-state index contributed by atoms with van der Waals surface area (Å²) in [6.45, 7) is 0.476. The van der Waals surface area contributed by atoms with Crippen LogP contribution in [0.1, 0.15) is 6.42 Å². The molecule has 1 aromatic carbocycles. The van der Waals surface area contributed by atoms with Crippen LogP contribution in [0.3, 0.4) is 0 Å². The quantitative estimate of drug-likeness (QED) is 0.606. The number of rotatable bonds is 4. The Hall–Kier alpha value is -1.29. The molecule has 0 unspecified atom stereocenters. The second kappa shape index (κ2) is 6.24. The van der Waals surface area contributed by atoms with Gasteiger partial charge in [0.25, 0.3) is 0 Å². The molecule has 0 aromatic heterocycles. The zero-order valence-electron chi connectivity index (χ0n) is 8.09. The van der Waals surface area contributed by atoms with Gasteiger partial charge in [0.1, 0.15) is 5.82 Å². The van der Waals surface area contributed by atoms with Crippen molar-refractivity contribution in [3.8, 4) is 0 Å². The average Bonchev–Trinajstić information content (AvgIpc) is 2.22. The lowest BCUT2D eigenvalue weighted by molar-refractivity contribution is 0.252. The lowest BCUT2D eigenvalue weighted by atomic mass is 10.3. The van der Waals surface area contributed by atoms with Crippen molar-refractivity contribution in [3.63, 3.8) is 0 Å². The fourth-order valence-corrected chi connectivity index (χ4v) is 1.13. The molecule has 0 radical (unpaired) electrons.